The van der Waals surface area contributed by atoms with Crippen LogP contribution in [0.2, 0.25) is 0 Å². The number of aliphatic hydroxyl groups excluding tert-OH is 2. The van der Waals surface area contributed by atoms with Crippen molar-refractivity contribution in [3.63, 3.8) is 0 Å². The van der Waals surface area contributed by atoms with Gasteiger partial charge in [-0.1, -0.05) is 25.5 Å². The zero-order valence-electron chi connectivity index (χ0n) is 17.5. The molecule has 0 heterocycles. The Hall–Kier alpha value is -1.37. The molecule has 154 valence electrons. The van der Waals surface area contributed by atoms with Crippen LogP contribution in [0.15, 0.2) is 23.8 Å². The summed E-state index contributed by atoms with van der Waals surface area (Å²) in [6, 6.07) is -0.277. The van der Waals surface area contributed by atoms with Crippen LogP contribution in [-0.4, -0.2) is 50.9 Å². The fourth-order valence-electron chi connectivity index (χ4n) is 7.18. The van der Waals surface area contributed by atoms with Crippen LogP contribution in [0.1, 0.15) is 47.8 Å². The average Bonchev–Trinajstić information content (AvgIpc) is 2.85. The molecule has 6 heteroatoms. The molecule has 0 spiro atoms. The highest BCUT2D eigenvalue weighted by Gasteiger charge is 2.75. The van der Waals surface area contributed by atoms with Crippen LogP contribution >= 0.6 is 0 Å². The number of hydrogen-bond donors (Lipinski definition) is 3. The van der Waals surface area contributed by atoms with Crippen molar-refractivity contribution in [1.29, 1.82) is 0 Å². The summed E-state index contributed by atoms with van der Waals surface area (Å²) in [4.78, 5) is 24.6. The number of carbonyl (C=O) groups is 2. The van der Waals surface area contributed by atoms with Gasteiger partial charge in [0.1, 0.15) is 12.2 Å². The van der Waals surface area contributed by atoms with Gasteiger partial charge in [-0.25, -0.2) is 4.39 Å². The first-order chi connectivity index (χ1) is 13.4. The Morgan fingerprint density at radius 3 is 2.71 bits per heavy atom. The third kappa shape index (κ3) is 2.01. The van der Waals surface area contributed by atoms with Gasteiger partial charge in [-0.15, -0.1) is 0 Å². The Balaban J connectivity index is 1.85. The van der Waals surface area contributed by atoms with Gasteiger partial charge in [0.2, 0.25) is 0 Å². The van der Waals surface area contributed by atoms with E-state index < -0.39 is 58.2 Å². The van der Waals surface area contributed by atoms with E-state index >= 15 is 4.39 Å². The van der Waals surface area contributed by atoms with Crippen molar-refractivity contribution in [2.24, 2.45) is 28.6 Å². The molecule has 4 rings (SSSR count). The van der Waals surface area contributed by atoms with E-state index in [2.05, 4.69) is 0 Å². The summed E-state index contributed by atoms with van der Waals surface area (Å²) in [5.74, 6) is -2.63. The van der Waals surface area contributed by atoms with E-state index in [1.165, 1.54) is 12.2 Å². The smallest absolute Gasteiger partial charge is 0.190 e. The lowest BCUT2D eigenvalue weighted by molar-refractivity contribution is -0.219. The first kappa shape index (κ1) is 18.6. The molecule has 0 aromatic carbocycles. The monoisotopic (exact) mass is 393 g/mol. The molecule has 5 nitrogen and oxygen atoms in total. The molecular formula is C22H29FO5. The van der Waals surface area contributed by atoms with E-state index in [9.17, 15) is 24.9 Å². The molecule has 4 aliphatic carbocycles. The molecule has 28 heavy (non-hydrogen) atoms. The van der Waals surface area contributed by atoms with E-state index in [4.69, 9.17) is 1.37 Å². The standard InChI is InChI=1S/C22H29FO5/c1-12-8-16-15-5-4-13-9-14(25)6-7-19(13,2)21(15,23)17(26)10-20(16,3)22(12,28)18(27)11-24/h6-7,9,12,15-17,24,26,28H,4-5,8,10-11H2,1-3H3/t12-,15+,16+,17+,19+,20+,21+,22+/m1/s1/i6D. The summed E-state index contributed by atoms with van der Waals surface area (Å²) in [6.45, 7) is 4.30. The minimum absolute atomic E-state index is 0.130. The molecule has 0 aromatic rings. The summed E-state index contributed by atoms with van der Waals surface area (Å²) >= 11 is 0. The van der Waals surface area contributed by atoms with Crippen molar-refractivity contribution < 1.29 is 30.7 Å². The van der Waals surface area contributed by atoms with Crippen molar-refractivity contribution in [2.45, 2.75) is 63.8 Å². The zero-order chi connectivity index (χ0) is 21.6. The van der Waals surface area contributed by atoms with Crippen LogP contribution in [-0.2, 0) is 9.59 Å². The van der Waals surface area contributed by atoms with Gasteiger partial charge in [-0.05, 0) is 56.6 Å². The fraction of sp³-hybridized carbons (Fsp3) is 0.727. The molecular weight excluding hydrogens is 363 g/mol. The van der Waals surface area contributed by atoms with Gasteiger partial charge in [0, 0.05) is 16.7 Å². The molecule has 0 unspecified atom stereocenters. The lowest BCUT2D eigenvalue weighted by atomic mass is 9.44. The Bertz CT molecular complexity index is 854. The molecule has 8 atom stereocenters. The topological polar surface area (TPSA) is 94.8 Å². The average molecular weight is 393 g/mol. The summed E-state index contributed by atoms with van der Waals surface area (Å²) in [6.07, 6.45) is 2.32. The third-order valence-electron chi connectivity index (χ3n) is 8.70. The molecule has 0 aromatic heterocycles. The van der Waals surface area contributed by atoms with Crippen molar-refractivity contribution in [3.8, 4) is 0 Å². The van der Waals surface area contributed by atoms with Gasteiger partial charge in [0.05, 0.1) is 7.47 Å². The fourth-order valence-corrected chi connectivity index (χ4v) is 7.18. The predicted octanol–water partition coefficient (Wildman–Crippen LogP) is 1.90. The number of aliphatic hydroxyl groups is 3. The van der Waals surface area contributed by atoms with Crippen molar-refractivity contribution in [1.82, 2.24) is 0 Å². The minimum atomic E-state index is -2.11. The van der Waals surface area contributed by atoms with Crippen molar-refractivity contribution >= 4 is 11.6 Å². The van der Waals surface area contributed by atoms with Crippen LogP contribution in [0.3, 0.4) is 0 Å². The Labute approximate surface area is 165 Å². The molecule has 3 saturated carbocycles. The third-order valence-corrected chi connectivity index (χ3v) is 8.70. The van der Waals surface area contributed by atoms with Crippen LogP contribution in [0, 0.1) is 28.6 Å². The molecule has 0 saturated heterocycles. The van der Waals surface area contributed by atoms with Crippen molar-refractivity contribution in [3.05, 3.63) is 23.8 Å². The Morgan fingerprint density at radius 2 is 2.07 bits per heavy atom. The predicted molar refractivity (Wildman–Crippen MR) is 99.9 cm³/mol. The normalized spacial score (nSPS) is 53.4. The lowest BCUT2D eigenvalue weighted by Crippen LogP contribution is -2.69. The van der Waals surface area contributed by atoms with Crippen LogP contribution in [0.25, 0.3) is 0 Å². The number of Topliss-reactive ketones (excluding diaryl/α,β-unsaturated/α-hetero) is 1. The van der Waals surface area contributed by atoms with Gasteiger partial charge >= 0.3 is 0 Å². The van der Waals surface area contributed by atoms with Gasteiger partial charge < -0.3 is 15.3 Å². The maximum absolute atomic E-state index is 17.0. The number of halogens is 1. The minimum Gasteiger partial charge on any atom is -0.390 e. The van der Waals surface area contributed by atoms with E-state index in [0.717, 1.165) is 0 Å². The second-order valence-electron chi connectivity index (χ2n) is 9.67. The Morgan fingerprint density at radius 1 is 1.39 bits per heavy atom. The van der Waals surface area contributed by atoms with Crippen molar-refractivity contribution in [2.75, 3.05) is 6.61 Å². The van der Waals surface area contributed by atoms with E-state index in [1.807, 2.05) is 0 Å². The number of rotatable bonds is 2. The first-order valence-corrected chi connectivity index (χ1v) is 10.1. The zero-order valence-corrected chi connectivity index (χ0v) is 16.5. The number of fused-ring (bicyclic) bond motifs is 5. The highest BCUT2D eigenvalue weighted by atomic mass is 19.1. The molecule has 4 aliphatic rings. The molecule has 3 fully saturated rings. The highest BCUT2D eigenvalue weighted by molar-refractivity contribution is 6.01. The maximum Gasteiger partial charge on any atom is 0.190 e. The second kappa shape index (κ2) is 5.83. The SMILES string of the molecule is [2H]C1=C[C@@]2(C)C(=CC1=O)CC[C@H]1[C@@H]3C[C@@H](C)[C@](O)(C(=O)CO)[C@@]3(C)C[C@H](O)[C@@]12F. The van der Waals surface area contributed by atoms with Gasteiger partial charge in [-0.3, -0.25) is 9.59 Å². The highest BCUT2D eigenvalue weighted by Crippen LogP contribution is 2.70. The molecule has 0 radical (unpaired) electrons. The summed E-state index contributed by atoms with van der Waals surface area (Å²) < 4.78 is 24.9. The van der Waals surface area contributed by atoms with Crippen LogP contribution in [0.4, 0.5) is 4.39 Å². The number of carbonyl (C=O) groups excluding carboxylic acids is 2. The van der Waals surface area contributed by atoms with Gasteiger partial charge in [-0.2, -0.15) is 0 Å². The van der Waals surface area contributed by atoms with Gasteiger partial charge in [0.25, 0.3) is 0 Å². The van der Waals surface area contributed by atoms with E-state index in [1.54, 1.807) is 20.8 Å². The largest absolute Gasteiger partial charge is 0.390 e. The molecule has 0 bridgehead atoms. The second-order valence-corrected chi connectivity index (χ2v) is 9.67. The Kier molecular flexibility index (Phi) is 3.88. The van der Waals surface area contributed by atoms with E-state index in [0.29, 0.717) is 24.8 Å². The van der Waals surface area contributed by atoms with Crippen LogP contribution in [0.5, 0.6) is 0 Å². The summed E-state index contributed by atoms with van der Waals surface area (Å²) in [5, 5.41) is 32.0. The lowest BCUT2D eigenvalue weighted by Gasteiger charge is -2.62. The van der Waals surface area contributed by atoms with Crippen LogP contribution < -0.4 is 0 Å². The quantitative estimate of drug-likeness (QED) is 0.666. The molecule has 3 N–H and O–H groups in total. The summed E-state index contributed by atoms with van der Waals surface area (Å²) in [5.41, 5.74) is -5.70. The number of hydrogen-bond acceptors (Lipinski definition) is 5. The number of ketones is 2. The molecule has 0 amide bonds. The maximum atomic E-state index is 17.0. The molecule has 0 aliphatic heterocycles. The van der Waals surface area contributed by atoms with E-state index in [-0.39, 0.29) is 18.4 Å². The van der Waals surface area contributed by atoms with Gasteiger partial charge in [0.15, 0.2) is 17.2 Å². The summed E-state index contributed by atoms with van der Waals surface area (Å²) in [7, 11) is 0. The number of alkyl halides is 1. The number of allylic oxidation sites excluding steroid dienone is 4. The first-order valence-electron chi connectivity index (χ1n) is 10.6.